The number of alkyl halides is 1. The first-order chi connectivity index (χ1) is 7.71. The van der Waals surface area contributed by atoms with Crippen molar-refractivity contribution in [2.24, 2.45) is 11.3 Å². The molecule has 0 aliphatic carbocycles. The zero-order chi connectivity index (χ0) is 13.2. The van der Waals surface area contributed by atoms with Gasteiger partial charge in [0.05, 0.1) is 5.38 Å². The molecule has 0 heterocycles. The van der Waals surface area contributed by atoms with Gasteiger partial charge < -0.3 is 0 Å². The standard InChI is InChI=1S/C14H19Cl3/c1-9(14(2,3)4)7-12(16)11-6-5-10(15)8-13(11)17/h5-6,8-9,12H,7H2,1-4H3. The average molecular weight is 294 g/mol. The smallest absolute Gasteiger partial charge is 0.0602 e. The van der Waals surface area contributed by atoms with Crippen LogP contribution in [0.15, 0.2) is 18.2 Å². The second kappa shape index (κ2) is 5.82. The van der Waals surface area contributed by atoms with E-state index in [1.807, 2.05) is 12.1 Å². The zero-order valence-electron chi connectivity index (χ0n) is 10.7. The van der Waals surface area contributed by atoms with E-state index in [9.17, 15) is 0 Å². The molecule has 0 spiro atoms. The predicted molar refractivity (Wildman–Crippen MR) is 78.3 cm³/mol. The van der Waals surface area contributed by atoms with Crippen LogP contribution in [-0.4, -0.2) is 0 Å². The summed E-state index contributed by atoms with van der Waals surface area (Å²) >= 11 is 18.5. The van der Waals surface area contributed by atoms with Crippen molar-refractivity contribution in [3.63, 3.8) is 0 Å². The fourth-order valence-electron chi connectivity index (χ4n) is 1.55. The van der Waals surface area contributed by atoms with Crippen molar-refractivity contribution in [1.82, 2.24) is 0 Å². The van der Waals surface area contributed by atoms with Crippen molar-refractivity contribution in [2.45, 2.75) is 39.5 Å². The van der Waals surface area contributed by atoms with Crippen LogP contribution in [0.5, 0.6) is 0 Å². The van der Waals surface area contributed by atoms with E-state index in [1.54, 1.807) is 6.07 Å². The molecule has 0 aromatic heterocycles. The van der Waals surface area contributed by atoms with Crippen molar-refractivity contribution in [3.05, 3.63) is 33.8 Å². The van der Waals surface area contributed by atoms with Gasteiger partial charge in [0, 0.05) is 10.0 Å². The van der Waals surface area contributed by atoms with Crippen molar-refractivity contribution >= 4 is 34.8 Å². The van der Waals surface area contributed by atoms with Crippen LogP contribution in [0.2, 0.25) is 10.0 Å². The van der Waals surface area contributed by atoms with Crippen molar-refractivity contribution in [3.8, 4) is 0 Å². The average Bonchev–Trinajstić information content (AvgIpc) is 2.15. The number of hydrogen-bond donors (Lipinski definition) is 0. The van der Waals surface area contributed by atoms with Gasteiger partial charge in [0.1, 0.15) is 0 Å². The Hall–Kier alpha value is 0.0900. The van der Waals surface area contributed by atoms with Gasteiger partial charge in [-0.3, -0.25) is 0 Å². The van der Waals surface area contributed by atoms with E-state index in [-0.39, 0.29) is 10.8 Å². The van der Waals surface area contributed by atoms with Crippen LogP contribution < -0.4 is 0 Å². The molecule has 0 amide bonds. The lowest BCUT2D eigenvalue weighted by atomic mass is 9.79. The van der Waals surface area contributed by atoms with Gasteiger partial charge in [-0.2, -0.15) is 0 Å². The number of benzene rings is 1. The molecule has 0 saturated heterocycles. The van der Waals surface area contributed by atoms with Gasteiger partial charge >= 0.3 is 0 Å². The second-order valence-corrected chi connectivity index (χ2v) is 7.01. The van der Waals surface area contributed by atoms with E-state index in [1.165, 1.54) is 0 Å². The maximum absolute atomic E-state index is 6.44. The maximum atomic E-state index is 6.44. The third-order valence-corrected chi connectivity index (χ3v) is 4.31. The Balaban J connectivity index is 2.80. The molecule has 3 heteroatoms. The minimum atomic E-state index is -0.0611. The van der Waals surface area contributed by atoms with Crippen LogP contribution in [0.4, 0.5) is 0 Å². The number of halogens is 3. The predicted octanol–water partition coefficient (Wildman–Crippen LogP) is 6.35. The molecule has 0 aliphatic heterocycles. The van der Waals surface area contributed by atoms with Gasteiger partial charge in [-0.25, -0.2) is 0 Å². The molecule has 0 aliphatic rings. The lowest BCUT2D eigenvalue weighted by molar-refractivity contribution is 0.245. The lowest BCUT2D eigenvalue weighted by Crippen LogP contribution is -2.18. The van der Waals surface area contributed by atoms with Crippen molar-refractivity contribution in [1.29, 1.82) is 0 Å². The Labute approximate surface area is 119 Å². The van der Waals surface area contributed by atoms with Crippen LogP contribution in [0.25, 0.3) is 0 Å². The summed E-state index contributed by atoms with van der Waals surface area (Å²) in [6.07, 6.45) is 0.909. The van der Waals surface area contributed by atoms with Crippen molar-refractivity contribution < 1.29 is 0 Å². The quantitative estimate of drug-likeness (QED) is 0.570. The van der Waals surface area contributed by atoms with E-state index in [0.29, 0.717) is 16.0 Å². The van der Waals surface area contributed by atoms with Crippen LogP contribution in [0.1, 0.15) is 45.1 Å². The SMILES string of the molecule is CC(CC(Cl)c1ccc(Cl)cc1Cl)C(C)(C)C. The largest absolute Gasteiger partial charge is 0.118 e. The molecule has 0 fully saturated rings. The van der Waals surface area contributed by atoms with Gasteiger partial charge in [0.2, 0.25) is 0 Å². The topological polar surface area (TPSA) is 0 Å². The van der Waals surface area contributed by atoms with Gasteiger partial charge in [0.25, 0.3) is 0 Å². The van der Waals surface area contributed by atoms with E-state index < -0.39 is 0 Å². The molecule has 0 N–H and O–H groups in total. The van der Waals surface area contributed by atoms with Gasteiger partial charge in [0.15, 0.2) is 0 Å². The van der Waals surface area contributed by atoms with Crippen LogP contribution in [-0.2, 0) is 0 Å². The fourth-order valence-corrected chi connectivity index (χ4v) is 2.60. The second-order valence-electron chi connectivity index (χ2n) is 5.64. The molecule has 96 valence electrons. The first kappa shape index (κ1) is 15.1. The summed E-state index contributed by atoms with van der Waals surface area (Å²) in [7, 11) is 0. The van der Waals surface area contributed by atoms with Gasteiger partial charge in [-0.15, -0.1) is 11.6 Å². The number of rotatable bonds is 3. The molecule has 0 saturated carbocycles. The summed E-state index contributed by atoms with van der Waals surface area (Å²) in [4.78, 5) is 0. The van der Waals surface area contributed by atoms with Crippen molar-refractivity contribution in [2.75, 3.05) is 0 Å². The molecule has 2 unspecified atom stereocenters. The van der Waals surface area contributed by atoms with E-state index >= 15 is 0 Å². The first-order valence-corrected chi connectivity index (χ1v) is 7.00. The van der Waals surface area contributed by atoms with Gasteiger partial charge in [-0.1, -0.05) is 57.0 Å². The molecule has 17 heavy (non-hydrogen) atoms. The molecular formula is C14H19Cl3. The molecule has 1 rings (SSSR count). The summed E-state index contributed by atoms with van der Waals surface area (Å²) in [5.74, 6) is 0.525. The Bertz CT molecular complexity index is 380. The molecule has 2 atom stereocenters. The molecule has 0 bridgehead atoms. The summed E-state index contributed by atoms with van der Waals surface area (Å²) < 4.78 is 0. The summed E-state index contributed by atoms with van der Waals surface area (Å²) in [5, 5.41) is 1.24. The minimum Gasteiger partial charge on any atom is -0.118 e. The zero-order valence-corrected chi connectivity index (χ0v) is 13.0. The monoisotopic (exact) mass is 292 g/mol. The molecule has 0 radical (unpaired) electrons. The van der Waals surface area contributed by atoms with Crippen LogP contribution >= 0.6 is 34.8 Å². The summed E-state index contributed by atoms with van der Waals surface area (Å²) in [6, 6.07) is 5.49. The van der Waals surface area contributed by atoms with Crippen LogP contribution in [0, 0.1) is 11.3 Å². The number of hydrogen-bond acceptors (Lipinski definition) is 0. The highest BCUT2D eigenvalue weighted by Gasteiger charge is 2.24. The fraction of sp³-hybridized carbons (Fsp3) is 0.571. The summed E-state index contributed by atoms with van der Waals surface area (Å²) in [6.45, 7) is 8.90. The Kier molecular flexibility index (Phi) is 5.19. The molecule has 1 aromatic carbocycles. The highest BCUT2D eigenvalue weighted by atomic mass is 35.5. The third-order valence-electron chi connectivity index (χ3n) is 3.34. The Morgan fingerprint density at radius 2 is 1.76 bits per heavy atom. The lowest BCUT2D eigenvalue weighted by Gasteiger charge is -2.29. The Morgan fingerprint density at radius 1 is 1.18 bits per heavy atom. The van der Waals surface area contributed by atoms with E-state index in [4.69, 9.17) is 34.8 Å². The molecular weight excluding hydrogens is 275 g/mol. The van der Waals surface area contributed by atoms with E-state index in [2.05, 4.69) is 27.7 Å². The highest BCUT2D eigenvalue weighted by Crippen LogP contribution is 2.39. The molecule has 0 nitrogen and oxygen atoms in total. The third kappa shape index (κ3) is 4.35. The highest BCUT2D eigenvalue weighted by molar-refractivity contribution is 6.35. The van der Waals surface area contributed by atoms with E-state index in [0.717, 1.165) is 12.0 Å². The van der Waals surface area contributed by atoms with Crippen LogP contribution in [0.3, 0.4) is 0 Å². The first-order valence-electron chi connectivity index (χ1n) is 5.81. The summed E-state index contributed by atoms with van der Waals surface area (Å²) in [5.41, 5.74) is 1.22. The normalized spacial score (nSPS) is 15.7. The van der Waals surface area contributed by atoms with Gasteiger partial charge in [-0.05, 0) is 35.4 Å². The minimum absolute atomic E-state index is 0.0611. The Morgan fingerprint density at radius 3 is 2.24 bits per heavy atom. The molecule has 1 aromatic rings. The maximum Gasteiger partial charge on any atom is 0.0602 e.